The minimum absolute atomic E-state index is 0.807. The summed E-state index contributed by atoms with van der Waals surface area (Å²) in [7, 11) is 0. The zero-order valence-electron chi connectivity index (χ0n) is 8.68. The minimum atomic E-state index is 0.807. The fourth-order valence-electron chi connectivity index (χ4n) is 2.96. The summed E-state index contributed by atoms with van der Waals surface area (Å²) in [6, 6.07) is 4.44. The van der Waals surface area contributed by atoms with E-state index in [0.717, 1.165) is 24.7 Å². The molecule has 0 fully saturated rings. The van der Waals surface area contributed by atoms with Crippen LogP contribution in [0, 0.1) is 0 Å². The predicted octanol–water partition coefficient (Wildman–Crippen LogP) is 3.06. The van der Waals surface area contributed by atoms with E-state index >= 15 is 0 Å². The summed E-state index contributed by atoms with van der Waals surface area (Å²) >= 11 is 0. The highest BCUT2D eigenvalue weighted by molar-refractivity contribution is 5.51. The van der Waals surface area contributed by atoms with Gasteiger partial charge in [0.15, 0.2) is 0 Å². The lowest BCUT2D eigenvalue weighted by Gasteiger charge is -2.12. The van der Waals surface area contributed by atoms with E-state index in [9.17, 15) is 0 Å². The Hall–Kier alpha value is -0.980. The molecule has 1 aliphatic carbocycles. The van der Waals surface area contributed by atoms with Gasteiger partial charge in [0.2, 0.25) is 0 Å². The van der Waals surface area contributed by atoms with Crippen molar-refractivity contribution < 1.29 is 4.74 Å². The average molecular weight is 188 g/mol. The molecule has 74 valence electrons. The van der Waals surface area contributed by atoms with Gasteiger partial charge in [0.25, 0.3) is 0 Å². The van der Waals surface area contributed by atoms with Gasteiger partial charge in [0.05, 0.1) is 6.61 Å². The fraction of sp³-hybridized carbons (Fsp3) is 0.538. The van der Waals surface area contributed by atoms with Crippen LogP contribution in [0.4, 0.5) is 0 Å². The van der Waals surface area contributed by atoms with E-state index in [1.54, 1.807) is 11.1 Å². The quantitative estimate of drug-likeness (QED) is 0.658. The third-order valence-corrected chi connectivity index (χ3v) is 3.68. The standard InChI is InChI=1S/C13H16O/c1-2-9-3-4-10-5-6-12-11(13(9)10)7-8-14-12/h5-6,9H,2-4,7-8H2,1H3. The molecule has 2 aliphatic rings. The molecule has 0 saturated heterocycles. The number of rotatable bonds is 1. The molecule has 0 bridgehead atoms. The Morgan fingerprint density at radius 1 is 1.36 bits per heavy atom. The molecule has 1 aromatic rings. The van der Waals surface area contributed by atoms with E-state index in [4.69, 9.17) is 4.74 Å². The maximum atomic E-state index is 5.62. The van der Waals surface area contributed by atoms with Crippen LogP contribution in [0.15, 0.2) is 12.1 Å². The van der Waals surface area contributed by atoms with Gasteiger partial charge in [-0.3, -0.25) is 0 Å². The van der Waals surface area contributed by atoms with Crippen LogP contribution in [-0.2, 0) is 12.8 Å². The van der Waals surface area contributed by atoms with Crippen molar-refractivity contribution in [2.45, 2.75) is 38.5 Å². The third-order valence-electron chi connectivity index (χ3n) is 3.68. The summed E-state index contributed by atoms with van der Waals surface area (Å²) in [5.41, 5.74) is 4.75. The first-order chi connectivity index (χ1) is 6.90. The van der Waals surface area contributed by atoms with E-state index in [1.165, 1.54) is 24.8 Å². The molecule has 1 heteroatoms. The monoisotopic (exact) mass is 188 g/mol. The Morgan fingerprint density at radius 3 is 3.14 bits per heavy atom. The maximum Gasteiger partial charge on any atom is 0.122 e. The van der Waals surface area contributed by atoms with Crippen molar-refractivity contribution in [1.29, 1.82) is 0 Å². The summed E-state index contributed by atoms with van der Waals surface area (Å²) in [6.07, 6.45) is 5.04. The summed E-state index contributed by atoms with van der Waals surface area (Å²) in [5, 5.41) is 0. The number of hydrogen-bond donors (Lipinski definition) is 0. The smallest absolute Gasteiger partial charge is 0.122 e. The van der Waals surface area contributed by atoms with Crippen LogP contribution in [0.2, 0.25) is 0 Å². The molecule has 0 N–H and O–H groups in total. The SMILES string of the molecule is CCC1CCc2ccc3c(c21)CCO3. The molecule has 14 heavy (non-hydrogen) atoms. The molecule has 0 radical (unpaired) electrons. The molecule has 1 atom stereocenters. The predicted molar refractivity (Wildman–Crippen MR) is 57.0 cm³/mol. The number of fused-ring (bicyclic) bond motifs is 3. The summed E-state index contributed by atoms with van der Waals surface area (Å²) < 4.78 is 5.62. The highest BCUT2D eigenvalue weighted by Gasteiger charge is 2.27. The van der Waals surface area contributed by atoms with Crippen molar-refractivity contribution in [3.63, 3.8) is 0 Å². The largest absolute Gasteiger partial charge is 0.493 e. The molecule has 1 aromatic carbocycles. The lowest BCUT2D eigenvalue weighted by atomic mass is 9.92. The Balaban J connectivity index is 2.16. The van der Waals surface area contributed by atoms with Gasteiger partial charge in [0, 0.05) is 12.0 Å². The topological polar surface area (TPSA) is 9.23 Å². The Kier molecular flexibility index (Phi) is 1.79. The van der Waals surface area contributed by atoms with Crippen LogP contribution in [-0.4, -0.2) is 6.61 Å². The van der Waals surface area contributed by atoms with E-state index in [2.05, 4.69) is 19.1 Å². The van der Waals surface area contributed by atoms with Crippen molar-refractivity contribution in [2.24, 2.45) is 0 Å². The number of benzene rings is 1. The van der Waals surface area contributed by atoms with Gasteiger partial charge >= 0.3 is 0 Å². The third kappa shape index (κ3) is 1.01. The van der Waals surface area contributed by atoms with E-state index in [0.29, 0.717) is 0 Å². The second-order valence-electron chi connectivity index (χ2n) is 4.36. The molecule has 0 spiro atoms. The van der Waals surface area contributed by atoms with Crippen molar-refractivity contribution in [1.82, 2.24) is 0 Å². The molecule has 0 amide bonds. The minimum Gasteiger partial charge on any atom is -0.493 e. The van der Waals surface area contributed by atoms with Gasteiger partial charge < -0.3 is 4.74 Å². The molecule has 3 rings (SSSR count). The van der Waals surface area contributed by atoms with Crippen molar-refractivity contribution in [2.75, 3.05) is 6.61 Å². The zero-order valence-corrected chi connectivity index (χ0v) is 8.68. The summed E-state index contributed by atoms with van der Waals surface area (Å²) in [6.45, 7) is 3.19. The number of hydrogen-bond acceptors (Lipinski definition) is 1. The Bertz CT molecular complexity index is 368. The van der Waals surface area contributed by atoms with Gasteiger partial charge in [0.1, 0.15) is 5.75 Å². The average Bonchev–Trinajstić information content (AvgIpc) is 2.82. The lowest BCUT2D eigenvalue weighted by molar-refractivity contribution is 0.357. The zero-order chi connectivity index (χ0) is 9.54. The summed E-state index contributed by atoms with van der Waals surface area (Å²) in [4.78, 5) is 0. The van der Waals surface area contributed by atoms with Crippen LogP contribution in [0.1, 0.15) is 42.4 Å². The lowest BCUT2D eigenvalue weighted by Crippen LogP contribution is -1.96. The van der Waals surface area contributed by atoms with Crippen LogP contribution in [0.25, 0.3) is 0 Å². The van der Waals surface area contributed by atoms with Crippen LogP contribution in [0.5, 0.6) is 5.75 Å². The summed E-state index contributed by atoms with van der Waals surface area (Å²) in [5.74, 6) is 1.96. The highest BCUT2D eigenvalue weighted by Crippen LogP contribution is 2.42. The highest BCUT2D eigenvalue weighted by atomic mass is 16.5. The molecule has 1 unspecified atom stereocenters. The second kappa shape index (κ2) is 3.01. The van der Waals surface area contributed by atoms with Gasteiger partial charge in [-0.2, -0.15) is 0 Å². The number of aryl methyl sites for hydroxylation is 1. The van der Waals surface area contributed by atoms with Gasteiger partial charge in [-0.1, -0.05) is 13.0 Å². The molecular formula is C13H16O. The molecule has 0 saturated carbocycles. The first-order valence-corrected chi connectivity index (χ1v) is 5.67. The number of ether oxygens (including phenoxy) is 1. The van der Waals surface area contributed by atoms with E-state index < -0.39 is 0 Å². The van der Waals surface area contributed by atoms with Gasteiger partial charge in [-0.25, -0.2) is 0 Å². The van der Waals surface area contributed by atoms with Crippen LogP contribution < -0.4 is 4.74 Å². The normalized spacial score (nSPS) is 23.1. The molecule has 1 nitrogen and oxygen atoms in total. The van der Waals surface area contributed by atoms with Crippen molar-refractivity contribution in [3.8, 4) is 5.75 Å². The molecule has 0 aromatic heterocycles. The molecular weight excluding hydrogens is 172 g/mol. The molecule has 1 heterocycles. The first kappa shape index (κ1) is 8.34. The van der Waals surface area contributed by atoms with Crippen molar-refractivity contribution >= 4 is 0 Å². The Morgan fingerprint density at radius 2 is 2.29 bits per heavy atom. The Labute approximate surface area is 85.1 Å². The van der Waals surface area contributed by atoms with Gasteiger partial charge in [-0.05, 0) is 42.4 Å². The molecule has 1 aliphatic heterocycles. The van der Waals surface area contributed by atoms with E-state index in [1.807, 2.05) is 0 Å². The van der Waals surface area contributed by atoms with Crippen LogP contribution >= 0.6 is 0 Å². The van der Waals surface area contributed by atoms with Gasteiger partial charge in [-0.15, -0.1) is 0 Å². The first-order valence-electron chi connectivity index (χ1n) is 5.67. The van der Waals surface area contributed by atoms with Crippen LogP contribution in [0.3, 0.4) is 0 Å². The maximum absolute atomic E-state index is 5.62. The van der Waals surface area contributed by atoms with Crippen molar-refractivity contribution in [3.05, 3.63) is 28.8 Å². The second-order valence-corrected chi connectivity index (χ2v) is 4.36. The van der Waals surface area contributed by atoms with E-state index in [-0.39, 0.29) is 0 Å². The fourth-order valence-corrected chi connectivity index (χ4v) is 2.96.